The second-order valence-electron chi connectivity index (χ2n) is 3.69. The van der Waals surface area contributed by atoms with Crippen LogP contribution in [0.1, 0.15) is 12.8 Å². The van der Waals surface area contributed by atoms with Gasteiger partial charge in [0.2, 0.25) is 15.9 Å². The fourth-order valence-electron chi connectivity index (χ4n) is 1.65. The van der Waals surface area contributed by atoms with E-state index in [1.165, 1.54) is 6.08 Å². The molecule has 1 aliphatic rings. The zero-order chi connectivity index (χ0) is 11.5. The van der Waals surface area contributed by atoms with E-state index in [2.05, 4.69) is 11.3 Å². The fourth-order valence-corrected chi connectivity index (χ4v) is 2.49. The maximum absolute atomic E-state index is 11.2. The minimum absolute atomic E-state index is 0.0473. The molecule has 1 amide bonds. The number of likely N-dealkylation sites (tertiary alicyclic amines) is 1. The third-order valence-corrected chi connectivity index (χ3v) is 3.12. The van der Waals surface area contributed by atoms with Gasteiger partial charge < -0.3 is 4.90 Å². The number of carbonyl (C=O) groups excluding carboxylic acids is 1. The summed E-state index contributed by atoms with van der Waals surface area (Å²) in [6.07, 6.45) is 3.75. The van der Waals surface area contributed by atoms with Crippen molar-refractivity contribution in [3.63, 3.8) is 0 Å². The van der Waals surface area contributed by atoms with E-state index in [4.69, 9.17) is 0 Å². The number of piperidine rings is 1. The average molecular weight is 232 g/mol. The van der Waals surface area contributed by atoms with E-state index in [0.29, 0.717) is 25.9 Å². The van der Waals surface area contributed by atoms with Gasteiger partial charge in [0.25, 0.3) is 0 Å². The lowest BCUT2D eigenvalue weighted by atomic mass is 10.1. The van der Waals surface area contributed by atoms with Crippen molar-refractivity contribution in [3.05, 3.63) is 12.7 Å². The number of amides is 1. The highest BCUT2D eigenvalue weighted by molar-refractivity contribution is 7.88. The molecule has 1 N–H and O–H groups in total. The zero-order valence-electron chi connectivity index (χ0n) is 8.77. The van der Waals surface area contributed by atoms with Gasteiger partial charge >= 0.3 is 0 Å². The van der Waals surface area contributed by atoms with Gasteiger partial charge in [0.15, 0.2) is 0 Å². The summed E-state index contributed by atoms with van der Waals surface area (Å²) in [6.45, 7) is 4.57. The lowest BCUT2D eigenvalue weighted by molar-refractivity contribution is -0.127. The molecule has 1 aliphatic heterocycles. The Morgan fingerprint density at radius 2 is 2.00 bits per heavy atom. The minimum Gasteiger partial charge on any atom is -0.339 e. The number of nitrogens with zero attached hydrogens (tertiary/aromatic N) is 1. The first kappa shape index (κ1) is 12.2. The minimum atomic E-state index is -3.14. The summed E-state index contributed by atoms with van der Waals surface area (Å²) in [6, 6.07) is -0.0473. The van der Waals surface area contributed by atoms with Crippen molar-refractivity contribution in [1.29, 1.82) is 0 Å². The first-order valence-electron chi connectivity index (χ1n) is 4.81. The monoisotopic (exact) mass is 232 g/mol. The van der Waals surface area contributed by atoms with Crippen molar-refractivity contribution in [1.82, 2.24) is 9.62 Å². The Morgan fingerprint density at radius 1 is 1.47 bits per heavy atom. The Morgan fingerprint density at radius 3 is 2.40 bits per heavy atom. The van der Waals surface area contributed by atoms with Gasteiger partial charge in [-0.15, -0.1) is 0 Å². The van der Waals surface area contributed by atoms with E-state index < -0.39 is 10.0 Å². The van der Waals surface area contributed by atoms with Gasteiger partial charge in [0.1, 0.15) is 0 Å². The summed E-state index contributed by atoms with van der Waals surface area (Å²) >= 11 is 0. The van der Waals surface area contributed by atoms with Gasteiger partial charge in [0.05, 0.1) is 6.26 Å². The van der Waals surface area contributed by atoms with Gasteiger partial charge in [-0.05, 0) is 18.9 Å². The fraction of sp³-hybridized carbons (Fsp3) is 0.667. The zero-order valence-corrected chi connectivity index (χ0v) is 9.59. The summed E-state index contributed by atoms with van der Waals surface area (Å²) in [5.74, 6) is -0.0900. The van der Waals surface area contributed by atoms with Crippen LogP contribution in [-0.2, 0) is 14.8 Å². The van der Waals surface area contributed by atoms with Crippen molar-refractivity contribution in [2.45, 2.75) is 18.9 Å². The molecule has 0 saturated carbocycles. The Hall–Kier alpha value is -0.880. The first-order valence-corrected chi connectivity index (χ1v) is 6.70. The molecule has 0 bridgehead atoms. The predicted molar refractivity (Wildman–Crippen MR) is 57.8 cm³/mol. The summed E-state index contributed by atoms with van der Waals surface area (Å²) in [7, 11) is -3.14. The molecule has 1 fully saturated rings. The Labute approximate surface area is 90.2 Å². The maximum atomic E-state index is 11.2. The normalized spacial score (nSPS) is 18.9. The molecule has 1 rings (SSSR count). The molecule has 0 aromatic heterocycles. The molecule has 0 aromatic carbocycles. The molecule has 1 heterocycles. The lowest BCUT2D eigenvalue weighted by Gasteiger charge is -2.31. The second kappa shape index (κ2) is 4.76. The molecule has 0 atom stereocenters. The van der Waals surface area contributed by atoms with E-state index in [1.54, 1.807) is 4.90 Å². The van der Waals surface area contributed by atoms with Gasteiger partial charge in [0, 0.05) is 19.1 Å². The number of hydrogen-bond donors (Lipinski definition) is 1. The van der Waals surface area contributed by atoms with Gasteiger partial charge in [-0.3, -0.25) is 4.79 Å². The van der Waals surface area contributed by atoms with Crippen molar-refractivity contribution in [3.8, 4) is 0 Å². The molecule has 1 saturated heterocycles. The number of rotatable bonds is 3. The van der Waals surface area contributed by atoms with Gasteiger partial charge in [-0.1, -0.05) is 6.58 Å². The molecule has 0 spiro atoms. The standard InChI is InChI=1S/C9H16N2O3S/c1-3-9(12)11-6-4-8(5-7-11)10-15(2,13)14/h3,8,10H,1,4-7H2,2H3. The highest BCUT2D eigenvalue weighted by atomic mass is 32.2. The quantitative estimate of drug-likeness (QED) is 0.680. The molecule has 0 aliphatic carbocycles. The average Bonchev–Trinajstić information content (AvgIpc) is 2.15. The van der Waals surface area contributed by atoms with Crippen LogP contribution >= 0.6 is 0 Å². The van der Waals surface area contributed by atoms with Crippen molar-refractivity contribution >= 4 is 15.9 Å². The molecule has 0 unspecified atom stereocenters. The van der Waals surface area contributed by atoms with Crippen LogP contribution in [-0.4, -0.2) is 44.6 Å². The van der Waals surface area contributed by atoms with Gasteiger partial charge in [-0.2, -0.15) is 0 Å². The molecule has 15 heavy (non-hydrogen) atoms. The number of sulfonamides is 1. The van der Waals surface area contributed by atoms with E-state index in [9.17, 15) is 13.2 Å². The van der Waals surface area contributed by atoms with Crippen molar-refractivity contribution in [2.24, 2.45) is 0 Å². The van der Waals surface area contributed by atoms with E-state index in [-0.39, 0.29) is 11.9 Å². The highest BCUT2D eigenvalue weighted by Crippen LogP contribution is 2.11. The van der Waals surface area contributed by atoms with Crippen LogP contribution < -0.4 is 4.72 Å². The smallest absolute Gasteiger partial charge is 0.245 e. The molecule has 5 nitrogen and oxygen atoms in total. The Bertz CT molecular complexity index is 342. The largest absolute Gasteiger partial charge is 0.339 e. The second-order valence-corrected chi connectivity index (χ2v) is 5.47. The molecule has 0 radical (unpaired) electrons. The molecule has 6 heteroatoms. The summed E-state index contributed by atoms with van der Waals surface area (Å²) < 4.78 is 24.5. The number of hydrogen-bond acceptors (Lipinski definition) is 3. The van der Waals surface area contributed by atoms with Crippen molar-refractivity contribution in [2.75, 3.05) is 19.3 Å². The number of nitrogens with one attached hydrogen (secondary N) is 1. The molecular formula is C9H16N2O3S. The number of carbonyl (C=O) groups is 1. The van der Waals surface area contributed by atoms with Crippen LogP contribution in [0.25, 0.3) is 0 Å². The van der Waals surface area contributed by atoms with E-state index in [1.807, 2.05) is 0 Å². The third kappa shape index (κ3) is 4.01. The van der Waals surface area contributed by atoms with E-state index in [0.717, 1.165) is 6.26 Å². The van der Waals surface area contributed by atoms with Crippen LogP contribution in [0.4, 0.5) is 0 Å². The molecule has 86 valence electrons. The maximum Gasteiger partial charge on any atom is 0.245 e. The lowest BCUT2D eigenvalue weighted by Crippen LogP contribution is -2.45. The highest BCUT2D eigenvalue weighted by Gasteiger charge is 2.22. The molecular weight excluding hydrogens is 216 g/mol. The predicted octanol–water partition coefficient (Wildman–Crippen LogP) is -0.287. The van der Waals surface area contributed by atoms with Crippen LogP contribution in [0.2, 0.25) is 0 Å². The first-order chi connectivity index (χ1) is 6.92. The summed E-state index contributed by atoms with van der Waals surface area (Å²) in [5, 5.41) is 0. The van der Waals surface area contributed by atoms with Crippen LogP contribution in [0, 0.1) is 0 Å². The van der Waals surface area contributed by atoms with Gasteiger partial charge in [-0.25, -0.2) is 13.1 Å². The topological polar surface area (TPSA) is 66.5 Å². The summed E-state index contributed by atoms with van der Waals surface area (Å²) in [4.78, 5) is 12.9. The third-order valence-electron chi connectivity index (χ3n) is 2.36. The van der Waals surface area contributed by atoms with Crippen molar-refractivity contribution < 1.29 is 13.2 Å². The van der Waals surface area contributed by atoms with Crippen LogP contribution in [0.5, 0.6) is 0 Å². The van der Waals surface area contributed by atoms with Crippen LogP contribution in [0.15, 0.2) is 12.7 Å². The SMILES string of the molecule is C=CC(=O)N1CCC(NS(C)(=O)=O)CC1. The Balaban J connectivity index is 2.43. The molecule has 0 aromatic rings. The summed E-state index contributed by atoms with van der Waals surface area (Å²) in [5.41, 5.74) is 0. The Kier molecular flexibility index (Phi) is 3.87. The van der Waals surface area contributed by atoms with Crippen LogP contribution in [0.3, 0.4) is 0 Å². The van der Waals surface area contributed by atoms with E-state index >= 15 is 0 Å².